The topological polar surface area (TPSA) is 76.2 Å². The molecule has 0 radical (unpaired) electrons. The first kappa shape index (κ1) is 12.0. The van der Waals surface area contributed by atoms with Crippen LogP contribution in [-0.2, 0) is 6.54 Å². The van der Waals surface area contributed by atoms with E-state index in [9.17, 15) is 13.6 Å². The molecule has 0 aliphatic carbocycles. The van der Waals surface area contributed by atoms with Crippen LogP contribution >= 0.6 is 15.9 Å². The summed E-state index contributed by atoms with van der Waals surface area (Å²) >= 11 is 2.93. The minimum Gasteiger partial charge on any atom is -0.478 e. The number of nitrogens with two attached hydrogens (primary N) is 1. The third-order valence-corrected chi connectivity index (χ3v) is 2.15. The van der Waals surface area contributed by atoms with E-state index in [4.69, 9.17) is 10.8 Å². The van der Waals surface area contributed by atoms with Crippen molar-refractivity contribution in [3.05, 3.63) is 27.5 Å². The number of aromatic carboxylic acids is 1. The minimum atomic E-state index is -2.91. The van der Waals surface area contributed by atoms with Gasteiger partial charge in [0.25, 0.3) is 6.43 Å². The molecular weight excluding hydrogens is 274 g/mol. The van der Waals surface area contributed by atoms with Crippen molar-refractivity contribution in [2.24, 2.45) is 5.73 Å². The molecule has 82 valence electrons. The first-order chi connectivity index (χ1) is 6.97. The Bertz CT molecular complexity index is 398. The van der Waals surface area contributed by atoms with E-state index in [0.29, 0.717) is 0 Å². The van der Waals surface area contributed by atoms with Gasteiger partial charge in [-0.15, -0.1) is 0 Å². The second kappa shape index (κ2) is 4.63. The van der Waals surface area contributed by atoms with Gasteiger partial charge < -0.3 is 10.8 Å². The number of carboxylic acids is 1. The number of nitrogens with zero attached hydrogens (tertiary/aromatic N) is 1. The van der Waals surface area contributed by atoms with Crippen molar-refractivity contribution in [1.29, 1.82) is 0 Å². The molecule has 7 heteroatoms. The lowest BCUT2D eigenvalue weighted by molar-refractivity contribution is 0.0683. The molecule has 15 heavy (non-hydrogen) atoms. The Balaban J connectivity index is 3.47. The summed E-state index contributed by atoms with van der Waals surface area (Å²) < 4.78 is 25.4. The third-order valence-electron chi connectivity index (χ3n) is 1.75. The van der Waals surface area contributed by atoms with Gasteiger partial charge in [0.05, 0.1) is 16.8 Å². The molecule has 0 aliphatic rings. The second-order valence-electron chi connectivity index (χ2n) is 2.66. The van der Waals surface area contributed by atoms with Gasteiger partial charge in [-0.05, 0) is 22.0 Å². The van der Waals surface area contributed by atoms with Crippen molar-refractivity contribution in [2.45, 2.75) is 13.0 Å². The fourth-order valence-electron chi connectivity index (χ4n) is 1.15. The van der Waals surface area contributed by atoms with Gasteiger partial charge in [-0.2, -0.15) is 0 Å². The summed E-state index contributed by atoms with van der Waals surface area (Å²) in [5.41, 5.74) is 4.01. The standard InChI is InChI=1S/C8H7BrF2N2O2/c9-5-1-3(8(14)15)6(7(10)11)4(2-12)13-5/h1,7H,2,12H2,(H,14,15). The summed E-state index contributed by atoms with van der Waals surface area (Å²) in [6.45, 7) is -0.237. The van der Waals surface area contributed by atoms with Crippen LogP contribution in [-0.4, -0.2) is 16.1 Å². The number of rotatable bonds is 3. The molecule has 0 saturated heterocycles. The Kier molecular flexibility index (Phi) is 3.70. The van der Waals surface area contributed by atoms with Gasteiger partial charge in [-0.3, -0.25) is 0 Å². The lowest BCUT2D eigenvalue weighted by Crippen LogP contribution is -2.12. The van der Waals surface area contributed by atoms with Crippen molar-refractivity contribution in [2.75, 3.05) is 0 Å². The first-order valence-corrected chi connectivity index (χ1v) is 4.67. The minimum absolute atomic E-state index is 0.114. The molecule has 0 aliphatic heterocycles. The van der Waals surface area contributed by atoms with E-state index >= 15 is 0 Å². The summed E-state index contributed by atoms with van der Waals surface area (Å²) in [6.07, 6.45) is -2.91. The normalized spacial score (nSPS) is 10.7. The number of carboxylic acid groups (broad SMARTS) is 1. The van der Waals surface area contributed by atoms with Crippen molar-refractivity contribution in [1.82, 2.24) is 4.98 Å². The summed E-state index contributed by atoms with van der Waals surface area (Å²) in [4.78, 5) is 14.4. The van der Waals surface area contributed by atoms with E-state index in [1.54, 1.807) is 0 Å². The van der Waals surface area contributed by atoms with Gasteiger partial charge in [0.15, 0.2) is 0 Å². The highest BCUT2D eigenvalue weighted by Gasteiger charge is 2.23. The zero-order valence-corrected chi connectivity index (χ0v) is 8.96. The molecule has 1 aromatic heterocycles. The summed E-state index contributed by atoms with van der Waals surface area (Å²) in [5, 5.41) is 8.74. The van der Waals surface area contributed by atoms with Crippen LogP contribution in [0.1, 0.15) is 28.0 Å². The van der Waals surface area contributed by atoms with Crippen LogP contribution in [0.4, 0.5) is 8.78 Å². The maximum Gasteiger partial charge on any atom is 0.336 e. The third kappa shape index (κ3) is 2.48. The van der Waals surface area contributed by atoms with E-state index in [0.717, 1.165) is 6.07 Å². The summed E-state index contributed by atoms with van der Waals surface area (Å²) in [5.74, 6) is -1.43. The van der Waals surface area contributed by atoms with Gasteiger partial charge in [-0.1, -0.05) is 0 Å². The van der Waals surface area contributed by atoms with E-state index < -0.39 is 23.5 Å². The molecule has 0 spiro atoms. The van der Waals surface area contributed by atoms with E-state index in [1.165, 1.54) is 0 Å². The molecule has 0 aromatic carbocycles. The zero-order chi connectivity index (χ0) is 11.6. The molecule has 1 rings (SSSR count). The summed E-state index contributed by atoms with van der Waals surface area (Å²) in [6, 6.07) is 1.03. The van der Waals surface area contributed by atoms with Crippen LogP contribution < -0.4 is 5.73 Å². The number of hydrogen-bond acceptors (Lipinski definition) is 3. The largest absolute Gasteiger partial charge is 0.478 e. The van der Waals surface area contributed by atoms with Crippen molar-refractivity contribution < 1.29 is 18.7 Å². The predicted molar refractivity (Wildman–Crippen MR) is 51.7 cm³/mol. The van der Waals surface area contributed by atoms with Crippen LogP contribution in [0.3, 0.4) is 0 Å². The molecular formula is C8H7BrF2N2O2. The molecule has 3 N–H and O–H groups in total. The molecule has 0 unspecified atom stereocenters. The van der Waals surface area contributed by atoms with E-state index in [1.807, 2.05) is 0 Å². The van der Waals surface area contributed by atoms with E-state index in [-0.39, 0.29) is 16.8 Å². The monoisotopic (exact) mass is 280 g/mol. The van der Waals surface area contributed by atoms with Crippen LogP contribution in [0, 0.1) is 0 Å². The highest BCUT2D eigenvalue weighted by Crippen LogP contribution is 2.27. The SMILES string of the molecule is NCc1nc(Br)cc(C(=O)O)c1C(F)F. The highest BCUT2D eigenvalue weighted by molar-refractivity contribution is 9.10. The fraction of sp³-hybridized carbons (Fsp3) is 0.250. The maximum atomic E-state index is 12.6. The van der Waals surface area contributed by atoms with Crippen LogP contribution in [0.2, 0.25) is 0 Å². The summed E-state index contributed by atoms with van der Waals surface area (Å²) in [7, 11) is 0. The Morgan fingerprint density at radius 2 is 2.27 bits per heavy atom. The van der Waals surface area contributed by atoms with Crippen molar-refractivity contribution >= 4 is 21.9 Å². The van der Waals surface area contributed by atoms with Gasteiger partial charge in [0, 0.05) is 6.54 Å². The van der Waals surface area contributed by atoms with Crippen LogP contribution in [0.25, 0.3) is 0 Å². The Labute approximate surface area is 92.2 Å². The molecule has 4 nitrogen and oxygen atoms in total. The van der Waals surface area contributed by atoms with Crippen LogP contribution in [0.15, 0.2) is 10.7 Å². The average Bonchev–Trinajstić information content (AvgIpc) is 2.15. The lowest BCUT2D eigenvalue weighted by atomic mass is 10.1. The smallest absolute Gasteiger partial charge is 0.336 e. The van der Waals surface area contributed by atoms with Crippen molar-refractivity contribution in [3.63, 3.8) is 0 Å². The molecule has 1 heterocycles. The lowest BCUT2D eigenvalue weighted by Gasteiger charge is -2.10. The number of pyridine rings is 1. The Morgan fingerprint density at radius 3 is 2.67 bits per heavy atom. The Hall–Kier alpha value is -1.08. The average molecular weight is 281 g/mol. The number of aromatic nitrogens is 1. The van der Waals surface area contributed by atoms with Crippen molar-refractivity contribution in [3.8, 4) is 0 Å². The van der Waals surface area contributed by atoms with E-state index in [2.05, 4.69) is 20.9 Å². The van der Waals surface area contributed by atoms with Gasteiger partial charge in [0.2, 0.25) is 0 Å². The molecule has 0 atom stereocenters. The predicted octanol–water partition coefficient (Wildman–Crippen LogP) is 1.94. The fourth-order valence-corrected chi connectivity index (χ4v) is 1.59. The number of alkyl halides is 2. The molecule has 0 amide bonds. The van der Waals surface area contributed by atoms with Gasteiger partial charge >= 0.3 is 5.97 Å². The highest BCUT2D eigenvalue weighted by atomic mass is 79.9. The number of hydrogen-bond donors (Lipinski definition) is 2. The molecule has 1 aromatic rings. The molecule has 0 bridgehead atoms. The Morgan fingerprint density at radius 1 is 1.67 bits per heavy atom. The second-order valence-corrected chi connectivity index (χ2v) is 3.48. The molecule has 0 fully saturated rings. The maximum absolute atomic E-state index is 12.6. The molecule has 0 saturated carbocycles. The first-order valence-electron chi connectivity index (χ1n) is 3.88. The quantitative estimate of drug-likeness (QED) is 0.830. The van der Waals surface area contributed by atoms with Gasteiger partial charge in [-0.25, -0.2) is 18.6 Å². The number of halogens is 3. The zero-order valence-electron chi connectivity index (χ0n) is 7.38. The number of carbonyl (C=O) groups is 1. The van der Waals surface area contributed by atoms with Crippen LogP contribution in [0.5, 0.6) is 0 Å². The van der Waals surface area contributed by atoms with Gasteiger partial charge in [0.1, 0.15) is 4.60 Å².